The number of nitrogens with one attached hydrogen (secondary N) is 1. The van der Waals surface area contributed by atoms with Crippen molar-refractivity contribution in [2.24, 2.45) is 0 Å². The van der Waals surface area contributed by atoms with Crippen LogP contribution in [0.5, 0.6) is 5.75 Å². The highest BCUT2D eigenvalue weighted by atomic mass is 35.5. The van der Waals surface area contributed by atoms with Crippen LogP contribution in [0.25, 0.3) is 0 Å². The quantitative estimate of drug-likeness (QED) is 0.884. The molecule has 0 aliphatic carbocycles. The van der Waals surface area contributed by atoms with Crippen molar-refractivity contribution in [3.8, 4) is 5.75 Å². The van der Waals surface area contributed by atoms with Gasteiger partial charge in [0.25, 0.3) is 5.91 Å². The van der Waals surface area contributed by atoms with E-state index in [1.54, 1.807) is 6.92 Å². The normalized spacial score (nSPS) is 11.9. The summed E-state index contributed by atoms with van der Waals surface area (Å²) < 4.78 is 5.74. The molecule has 4 heteroatoms. The number of benzene rings is 2. The molecule has 1 N–H and O–H groups in total. The lowest BCUT2D eigenvalue weighted by molar-refractivity contribution is -0.127. The largest absolute Gasteiger partial charge is 0.481 e. The van der Waals surface area contributed by atoms with Crippen LogP contribution in [-0.2, 0) is 11.3 Å². The Morgan fingerprint density at radius 3 is 2.35 bits per heavy atom. The van der Waals surface area contributed by atoms with Crippen LogP contribution < -0.4 is 10.1 Å². The number of ether oxygens (including phenoxy) is 1. The summed E-state index contributed by atoms with van der Waals surface area (Å²) in [5.41, 5.74) is 4.14. The third kappa shape index (κ3) is 4.49. The van der Waals surface area contributed by atoms with E-state index in [0.717, 1.165) is 27.3 Å². The number of hydrogen-bond acceptors (Lipinski definition) is 2. The molecule has 0 heterocycles. The summed E-state index contributed by atoms with van der Waals surface area (Å²) in [4.78, 5) is 12.2. The molecule has 0 saturated heterocycles. The van der Waals surface area contributed by atoms with Gasteiger partial charge < -0.3 is 10.1 Å². The second-order valence-corrected chi connectivity index (χ2v) is 6.15. The monoisotopic (exact) mass is 331 g/mol. The predicted molar refractivity (Wildman–Crippen MR) is 94.0 cm³/mol. The van der Waals surface area contributed by atoms with Crippen molar-refractivity contribution in [3.05, 3.63) is 63.7 Å². The molecule has 0 aliphatic rings. The molecule has 0 aromatic heterocycles. The lowest BCUT2D eigenvalue weighted by Gasteiger charge is -2.16. The first-order chi connectivity index (χ1) is 10.9. The van der Waals surface area contributed by atoms with E-state index in [1.807, 2.05) is 57.2 Å². The van der Waals surface area contributed by atoms with E-state index < -0.39 is 6.10 Å². The molecule has 2 rings (SSSR count). The lowest BCUT2D eigenvalue weighted by atomic mass is 10.1. The fourth-order valence-electron chi connectivity index (χ4n) is 2.37. The maximum absolute atomic E-state index is 12.2. The molecule has 1 atom stereocenters. The average molecular weight is 332 g/mol. The van der Waals surface area contributed by atoms with Crippen LogP contribution in [-0.4, -0.2) is 12.0 Å². The molecule has 0 spiro atoms. The van der Waals surface area contributed by atoms with Crippen molar-refractivity contribution >= 4 is 17.5 Å². The topological polar surface area (TPSA) is 38.3 Å². The molecule has 0 bridgehead atoms. The van der Waals surface area contributed by atoms with Crippen molar-refractivity contribution in [1.82, 2.24) is 5.32 Å². The Morgan fingerprint density at radius 2 is 1.74 bits per heavy atom. The fraction of sp³-hybridized carbons (Fsp3) is 0.316. The van der Waals surface area contributed by atoms with Crippen LogP contribution in [0.2, 0.25) is 5.02 Å². The van der Waals surface area contributed by atoms with E-state index >= 15 is 0 Å². The fourth-order valence-corrected chi connectivity index (χ4v) is 2.48. The summed E-state index contributed by atoms with van der Waals surface area (Å²) >= 11 is 6.15. The smallest absolute Gasteiger partial charge is 0.261 e. The van der Waals surface area contributed by atoms with Gasteiger partial charge in [-0.1, -0.05) is 35.9 Å². The summed E-state index contributed by atoms with van der Waals surface area (Å²) in [7, 11) is 0. The molecule has 2 aromatic rings. The SMILES string of the molecule is Cc1ccccc1CNC(=O)[C@H](C)Oc1cc(C)c(Cl)c(C)c1. The number of carbonyl (C=O) groups is 1. The van der Waals surface area contributed by atoms with E-state index in [2.05, 4.69) is 5.32 Å². The van der Waals surface area contributed by atoms with Crippen molar-refractivity contribution < 1.29 is 9.53 Å². The highest BCUT2D eigenvalue weighted by Gasteiger charge is 2.15. The third-order valence-corrected chi connectivity index (χ3v) is 4.40. The van der Waals surface area contributed by atoms with Gasteiger partial charge in [0.2, 0.25) is 0 Å². The van der Waals surface area contributed by atoms with E-state index in [4.69, 9.17) is 16.3 Å². The van der Waals surface area contributed by atoms with E-state index in [9.17, 15) is 4.79 Å². The van der Waals surface area contributed by atoms with Crippen LogP contribution in [0.4, 0.5) is 0 Å². The molecule has 3 nitrogen and oxygen atoms in total. The predicted octanol–water partition coefficient (Wildman–Crippen LogP) is 4.35. The van der Waals surface area contributed by atoms with Crippen LogP contribution in [0.15, 0.2) is 36.4 Å². The van der Waals surface area contributed by atoms with Crippen molar-refractivity contribution in [2.45, 2.75) is 40.3 Å². The lowest BCUT2D eigenvalue weighted by Crippen LogP contribution is -2.36. The van der Waals surface area contributed by atoms with Crippen LogP contribution in [0.3, 0.4) is 0 Å². The van der Waals surface area contributed by atoms with Crippen LogP contribution >= 0.6 is 11.6 Å². The molecule has 1 amide bonds. The van der Waals surface area contributed by atoms with Gasteiger partial charge in [-0.15, -0.1) is 0 Å². The molecule has 2 aromatic carbocycles. The number of carbonyl (C=O) groups excluding carboxylic acids is 1. The Labute approximate surface area is 142 Å². The first-order valence-electron chi connectivity index (χ1n) is 7.64. The van der Waals surface area contributed by atoms with Gasteiger partial charge >= 0.3 is 0 Å². The Morgan fingerprint density at radius 1 is 1.13 bits per heavy atom. The maximum atomic E-state index is 12.2. The minimum atomic E-state index is -0.570. The highest BCUT2D eigenvalue weighted by Crippen LogP contribution is 2.26. The van der Waals surface area contributed by atoms with Gasteiger partial charge in [0, 0.05) is 11.6 Å². The van der Waals surface area contributed by atoms with Crippen molar-refractivity contribution in [1.29, 1.82) is 0 Å². The van der Waals surface area contributed by atoms with Gasteiger partial charge in [-0.05, 0) is 62.1 Å². The summed E-state index contributed by atoms with van der Waals surface area (Å²) in [5, 5.41) is 3.64. The molecule has 0 aliphatic heterocycles. The minimum Gasteiger partial charge on any atom is -0.481 e. The standard InChI is InChI=1S/C19H22ClNO2/c1-12-7-5-6-8-16(12)11-21-19(22)15(4)23-17-9-13(2)18(20)14(3)10-17/h5-10,15H,11H2,1-4H3,(H,21,22)/t15-/m0/s1. The second kappa shape index (κ2) is 7.51. The number of amides is 1. The van der Waals surface area contributed by atoms with Gasteiger partial charge in [-0.3, -0.25) is 4.79 Å². The number of hydrogen-bond donors (Lipinski definition) is 1. The number of rotatable bonds is 5. The van der Waals surface area contributed by atoms with Crippen molar-refractivity contribution in [2.75, 3.05) is 0 Å². The number of aryl methyl sites for hydroxylation is 3. The third-order valence-electron chi connectivity index (χ3n) is 3.81. The zero-order chi connectivity index (χ0) is 17.0. The van der Waals surface area contributed by atoms with Crippen LogP contribution in [0, 0.1) is 20.8 Å². The first kappa shape index (κ1) is 17.4. The highest BCUT2D eigenvalue weighted by molar-refractivity contribution is 6.32. The summed E-state index contributed by atoms with van der Waals surface area (Å²) in [6.45, 7) is 8.11. The number of halogens is 1. The average Bonchev–Trinajstić information content (AvgIpc) is 2.51. The van der Waals surface area contributed by atoms with Gasteiger partial charge in [-0.25, -0.2) is 0 Å². The van der Waals surface area contributed by atoms with Gasteiger partial charge in [0.1, 0.15) is 5.75 Å². The molecule has 0 radical (unpaired) electrons. The summed E-state index contributed by atoms with van der Waals surface area (Å²) in [5.74, 6) is 0.515. The minimum absolute atomic E-state index is 0.140. The molecular weight excluding hydrogens is 310 g/mol. The first-order valence-corrected chi connectivity index (χ1v) is 8.02. The molecule has 0 unspecified atom stereocenters. The van der Waals surface area contributed by atoms with E-state index in [-0.39, 0.29) is 5.91 Å². The van der Waals surface area contributed by atoms with Crippen molar-refractivity contribution in [3.63, 3.8) is 0 Å². The molecule has 122 valence electrons. The summed E-state index contributed by atoms with van der Waals surface area (Å²) in [6.07, 6.45) is -0.570. The van der Waals surface area contributed by atoms with E-state index in [0.29, 0.717) is 12.3 Å². The Bertz CT molecular complexity index is 689. The van der Waals surface area contributed by atoms with Gasteiger partial charge in [-0.2, -0.15) is 0 Å². The Balaban J connectivity index is 1.96. The zero-order valence-electron chi connectivity index (χ0n) is 13.9. The second-order valence-electron chi connectivity index (χ2n) is 5.78. The zero-order valence-corrected chi connectivity index (χ0v) is 14.7. The molecule has 23 heavy (non-hydrogen) atoms. The molecule has 0 fully saturated rings. The Hall–Kier alpha value is -2.00. The molecular formula is C19H22ClNO2. The van der Waals surface area contributed by atoms with Gasteiger partial charge in [0.15, 0.2) is 6.10 Å². The van der Waals surface area contributed by atoms with E-state index in [1.165, 1.54) is 0 Å². The Kier molecular flexibility index (Phi) is 5.67. The molecule has 0 saturated carbocycles. The summed E-state index contributed by atoms with van der Waals surface area (Å²) in [6, 6.07) is 11.7. The maximum Gasteiger partial charge on any atom is 0.261 e. The van der Waals surface area contributed by atoms with Gasteiger partial charge in [0.05, 0.1) is 0 Å². The van der Waals surface area contributed by atoms with Crippen LogP contribution in [0.1, 0.15) is 29.2 Å².